The number of carbonyl (C=O) groups is 1. The van der Waals surface area contributed by atoms with Crippen LogP contribution in [0.2, 0.25) is 0 Å². The molecule has 162 valence electrons. The maximum atomic E-state index is 12.2. The number of hydrogen-bond donors (Lipinski definition) is 3. The van der Waals surface area contributed by atoms with E-state index in [4.69, 9.17) is 4.74 Å². The van der Waals surface area contributed by atoms with Crippen LogP contribution in [0.4, 0.5) is 0 Å². The largest absolute Gasteiger partial charge is 0.491 e. The quantitative estimate of drug-likeness (QED) is 0.375. The fraction of sp³-hybridized carbons (Fsp3) is 0.650. The van der Waals surface area contributed by atoms with E-state index in [0.717, 1.165) is 5.56 Å². The van der Waals surface area contributed by atoms with Gasteiger partial charge in [0, 0.05) is 18.6 Å². The zero-order chi connectivity index (χ0) is 21.2. The second-order valence-electron chi connectivity index (χ2n) is 7.72. The molecule has 9 heteroatoms. The van der Waals surface area contributed by atoms with Crippen molar-refractivity contribution in [1.82, 2.24) is 10.6 Å². The SMILES string of the molecule is CC(C)NCC(O)COc1ccc(CC(=O)NC2CCC(O[N+](=O)[O-])CC2)cc1. The maximum absolute atomic E-state index is 12.2. The Balaban J connectivity index is 1.68. The number of aliphatic hydroxyl groups excluding tert-OH is 1. The number of aliphatic hydroxyl groups is 1. The van der Waals surface area contributed by atoms with Crippen LogP contribution in [0.3, 0.4) is 0 Å². The lowest BCUT2D eigenvalue weighted by Crippen LogP contribution is -2.40. The highest BCUT2D eigenvalue weighted by atomic mass is 17.0. The van der Waals surface area contributed by atoms with Crippen LogP contribution in [0, 0.1) is 10.1 Å². The van der Waals surface area contributed by atoms with E-state index in [1.54, 1.807) is 12.1 Å². The summed E-state index contributed by atoms with van der Waals surface area (Å²) in [5.41, 5.74) is 0.863. The lowest BCUT2D eigenvalue weighted by Gasteiger charge is -2.27. The van der Waals surface area contributed by atoms with Gasteiger partial charge >= 0.3 is 0 Å². The number of carbonyl (C=O) groups excluding carboxylic acids is 1. The highest BCUT2D eigenvalue weighted by molar-refractivity contribution is 5.78. The Bertz CT molecular complexity index is 644. The fourth-order valence-corrected chi connectivity index (χ4v) is 3.23. The Morgan fingerprint density at radius 1 is 1.24 bits per heavy atom. The van der Waals surface area contributed by atoms with Gasteiger partial charge in [0.25, 0.3) is 5.09 Å². The summed E-state index contributed by atoms with van der Waals surface area (Å²) in [7, 11) is 0. The number of rotatable bonds is 11. The lowest BCUT2D eigenvalue weighted by molar-refractivity contribution is -0.769. The van der Waals surface area contributed by atoms with Crippen LogP contribution in [-0.4, -0.2) is 53.5 Å². The van der Waals surface area contributed by atoms with Gasteiger partial charge in [0.2, 0.25) is 5.91 Å². The number of benzene rings is 1. The lowest BCUT2D eigenvalue weighted by atomic mass is 9.93. The molecule has 0 aromatic heterocycles. The van der Waals surface area contributed by atoms with Crippen molar-refractivity contribution >= 4 is 5.91 Å². The molecule has 1 unspecified atom stereocenters. The van der Waals surface area contributed by atoms with E-state index in [-0.39, 0.29) is 31.1 Å². The third-order valence-electron chi connectivity index (χ3n) is 4.77. The van der Waals surface area contributed by atoms with Crippen molar-refractivity contribution < 1.29 is 24.6 Å². The zero-order valence-corrected chi connectivity index (χ0v) is 17.0. The summed E-state index contributed by atoms with van der Waals surface area (Å²) in [6, 6.07) is 7.55. The first-order valence-corrected chi connectivity index (χ1v) is 10.1. The van der Waals surface area contributed by atoms with Crippen LogP contribution in [0.15, 0.2) is 24.3 Å². The zero-order valence-electron chi connectivity index (χ0n) is 17.0. The molecule has 3 N–H and O–H groups in total. The van der Waals surface area contributed by atoms with Crippen LogP contribution in [-0.2, 0) is 16.1 Å². The highest BCUT2D eigenvalue weighted by Crippen LogP contribution is 2.21. The smallest absolute Gasteiger partial charge is 0.294 e. The first-order chi connectivity index (χ1) is 13.8. The molecule has 1 saturated carbocycles. The number of hydrogen-bond acceptors (Lipinski definition) is 7. The number of nitrogens with one attached hydrogen (secondary N) is 2. The van der Waals surface area contributed by atoms with Crippen molar-refractivity contribution in [3.63, 3.8) is 0 Å². The van der Waals surface area contributed by atoms with Gasteiger partial charge < -0.3 is 25.3 Å². The molecule has 1 aromatic rings. The molecule has 29 heavy (non-hydrogen) atoms. The molecule has 1 amide bonds. The summed E-state index contributed by atoms with van der Waals surface area (Å²) >= 11 is 0. The minimum atomic E-state index is -0.750. The molecule has 0 bridgehead atoms. The normalized spacial score (nSPS) is 20.1. The molecule has 9 nitrogen and oxygen atoms in total. The number of nitrogens with zero attached hydrogens (tertiary/aromatic N) is 1. The van der Waals surface area contributed by atoms with Gasteiger partial charge in [-0.15, -0.1) is 10.1 Å². The number of ether oxygens (including phenoxy) is 1. The summed E-state index contributed by atoms with van der Waals surface area (Å²) in [4.78, 5) is 27.2. The van der Waals surface area contributed by atoms with Crippen LogP contribution in [0.25, 0.3) is 0 Å². The van der Waals surface area contributed by atoms with Crippen molar-refractivity contribution in [2.24, 2.45) is 0 Å². The van der Waals surface area contributed by atoms with Crippen molar-refractivity contribution in [2.75, 3.05) is 13.2 Å². The summed E-state index contributed by atoms with van der Waals surface area (Å²) < 4.78 is 5.57. The minimum Gasteiger partial charge on any atom is -0.491 e. The minimum absolute atomic E-state index is 0.0256. The Morgan fingerprint density at radius 2 is 1.90 bits per heavy atom. The van der Waals surface area contributed by atoms with Crippen molar-refractivity contribution in [3.05, 3.63) is 39.9 Å². The van der Waals surface area contributed by atoms with E-state index >= 15 is 0 Å². The van der Waals surface area contributed by atoms with Crippen molar-refractivity contribution in [1.29, 1.82) is 0 Å². The third kappa shape index (κ3) is 9.10. The Kier molecular flexibility index (Phi) is 9.14. The summed E-state index contributed by atoms with van der Waals surface area (Å²) in [5.74, 6) is 0.564. The molecule has 0 heterocycles. The van der Waals surface area contributed by atoms with E-state index in [0.29, 0.717) is 44.0 Å². The number of amides is 1. The first kappa shape index (κ1) is 22.9. The van der Waals surface area contributed by atoms with Gasteiger partial charge in [0.15, 0.2) is 0 Å². The van der Waals surface area contributed by atoms with E-state index in [2.05, 4.69) is 15.5 Å². The van der Waals surface area contributed by atoms with Crippen molar-refractivity contribution in [3.8, 4) is 5.75 Å². The summed E-state index contributed by atoms with van der Waals surface area (Å²) in [6.45, 7) is 4.69. The van der Waals surface area contributed by atoms with Crippen LogP contribution >= 0.6 is 0 Å². The standard InChI is InChI=1S/C20H31N3O6/c1-14(2)21-12-17(24)13-28-18-7-3-15(4-8-18)11-20(25)22-16-5-9-19(10-6-16)29-23(26)27/h3-4,7-8,14,16-17,19,21,24H,5-6,9-13H2,1-2H3,(H,22,25). The Labute approximate surface area is 170 Å². The Morgan fingerprint density at radius 3 is 2.48 bits per heavy atom. The van der Waals surface area contributed by atoms with Gasteiger partial charge in [-0.25, -0.2) is 0 Å². The van der Waals surface area contributed by atoms with Crippen LogP contribution in [0.1, 0.15) is 45.1 Å². The molecule has 2 rings (SSSR count). The van der Waals surface area contributed by atoms with Gasteiger partial charge in [-0.2, -0.15) is 0 Å². The van der Waals surface area contributed by atoms with Crippen LogP contribution < -0.4 is 15.4 Å². The topological polar surface area (TPSA) is 123 Å². The molecular formula is C20H31N3O6. The van der Waals surface area contributed by atoms with Crippen molar-refractivity contribution in [2.45, 2.75) is 70.2 Å². The molecule has 0 radical (unpaired) electrons. The predicted octanol–water partition coefficient (Wildman–Crippen LogP) is 1.60. The van der Waals surface area contributed by atoms with E-state index < -0.39 is 11.2 Å². The molecule has 1 aliphatic carbocycles. The molecule has 1 atom stereocenters. The molecule has 1 aliphatic rings. The molecule has 0 saturated heterocycles. The van der Waals surface area contributed by atoms with Crippen LogP contribution in [0.5, 0.6) is 5.75 Å². The fourth-order valence-electron chi connectivity index (χ4n) is 3.23. The second-order valence-corrected chi connectivity index (χ2v) is 7.72. The monoisotopic (exact) mass is 409 g/mol. The van der Waals surface area contributed by atoms with Gasteiger partial charge in [-0.1, -0.05) is 26.0 Å². The molecule has 1 fully saturated rings. The summed E-state index contributed by atoms with van der Waals surface area (Å²) in [6.07, 6.45) is 1.77. The summed E-state index contributed by atoms with van der Waals surface area (Å²) in [5, 5.41) is 25.6. The first-order valence-electron chi connectivity index (χ1n) is 10.1. The molecule has 1 aromatic carbocycles. The van der Waals surface area contributed by atoms with Gasteiger partial charge in [0.05, 0.1) is 6.42 Å². The van der Waals surface area contributed by atoms with Gasteiger partial charge in [-0.05, 0) is 43.4 Å². The van der Waals surface area contributed by atoms with Gasteiger partial charge in [-0.3, -0.25) is 4.79 Å². The Hall–Kier alpha value is -2.39. The van der Waals surface area contributed by atoms with E-state index in [1.807, 2.05) is 26.0 Å². The third-order valence-corrected chi connectivity index (χ3v) is 4.77. The predicted molar refractivity (Wildman–Crippen MR) is 107 cm³/mol. The molecular weight excluding hydrogens is 378 g/mol. The van der Waals surface area contributed by atoms with E-state index in [9.17, 15) is 20.0 Å². The average molecular weight is 409 g/mol. The molecule has 0 spiro atoms. The second kappa shape index (κ2) is 11.6. The maximum Gasteiger partial charge on any atom is 0.294 e. The van der Waals surface area contributed by atoms with Gasteiger partial charge in [0.1, 0.15) is 24.6 Å². The average Bonchev–Trinajstić information content (AvgIpc) is 2.67. The highest BCUT2D eigenvalue weighted by Gasteiger charge is 2.24. The van der Waals surface area contributed by atoms with E-state index in [1.165, 1.54) is 0 Å². The molecule has 0 aliphatic heterocycles.